The zero-order chi connectivity index (χ0) is 20.0. The SMILES string of the molecule is CCCCCCCCCCCCCCCCCCC=CCCC(O)C(=O)O. The molecule has 0 radical (unpaired) electrons. The summed E-state index contributed by atoms with van der Waals surface area (Å²) in [6.45, 7) is 2.28. The number of aliphatic hydroxyl groups excluding tert-OH is 1. The van der Waals surface area contributed by atoms with Gasteiger partial charge in [0, 0.05) is 0 Å². The smallest absolute Gasteiger partial charge is 0.332 e. The third-order valence-corrected chi connectivity index (χ3v) is 5.28. The Morgan fingerprint density at radius 1 is 0.667 bits per heavy atom. The number of unbranched alkanes of at least 4 members (excludes halogenated alkanes) is 16. The molecule has 0 amide bonds. The van der Waals surface area contributed by atoms with E-state index in [2.05, 4.69) is 13.0 Å². The first-order valence-corrected chi connectivity index (χ1v) is 11.7. The van der Waals surface area contributed by atoms with Crippen molar-refractivity contribution in [3.05, 3.63) is 12.2 Å². The van der Waals surface area contributed by atoms with Crippen LogP contribution in [0.2, 0.25) is 0 Å². The van der Waals surface area contributed by atoms with E-state index in [0.717, 1.165) is 6.42 Å². The van der Waals surface area contributed by atoms with Gasteiger partial charge in [-0.25, -0.2) is 4.79 Å². The highest BCUT2D eigenvalue weighted by atomic mass is 16.4. The van der Waals surface area contributed by atoms with Crippen molar-refractivity contribution < 1.29 is 15.0 Å². The summed E-state index contributed by atoms with van der Waals surface area (Å²) in [5.41, 5.74) is 0. The van der Waals surface area contributed by atoms with Gasteiger partial charge in [0.25, 0.3) is 0 Å². The average Bonchev–Trinajstić information content (AvgIpc) is 2.66. The number of allylic oxidation sites excluding steroid dienone is 2. The fraction of sp³-hybridized carbons (Fsp3) is 0.875. The predicted molar refractivity (Wildman–Crippen MR) is 116 cm³/mol. The number of rotatable bonds is 21. The monoisotopic (exact) mass is 382 g/mol. The lowest BCUT2D eigenvalue weighted by Crippen LogP contribution is -2.18. The Hall–Kier alpha value is -0.830. The molecule has 3 heteroatoms. The first-order chi connectivity index (χ1) is 13.2. The van der Waals surface area contributed by atoms with E-state index < -0.39 is 12.1 Å². The molecule has 0 aliphatic carbocycles. The van der Waals surface area contributed by atoms with Crippen LogP contribution >= 0.6 is 0 Å². The van der Waals surface area contributed by atoms with Crippen LogP contribution in [0.5, 0.6) is 0 Å². The average molecular weight is 383 g/mol. The second-order valence-electron chi connectivity index (χ2n) is 7.99. The number of aliphatic hydroxyl groups is 1. The third kappa shape index (κ3) is 21.3. The molecular weight excluding hydrogens is 336 g/mol. The van der Waals surface area contributed by atoms with Crippen molar-refractivity contribution in [3.63, 3.8) is 0 Å². The number of hydrogen-bond donors (Lipinski definition) is 2. The maximum absolute atomic E-state index is 10.5. The Bertz CT molecular complexity index is 339. The van der Waals surface area contributed by atoms with Crippen molar-refractivity contribution >= 4 is 5.97 Å². The van der Waals surface area contributed by atoms with Crippen LogP contribution in [-0.4, -0.2) is 22.3 Å². The van der Waals surface area contributed by atoms with Crippen LogP contribution in [0.4, 0.5) is 0 Å². The molecule has 0 aliphatic rings. The molecule has 0 rings (SSSR count). The van der Waals surface area contributed by atoms with Gasteiger partial charge in [0.1, 0.15) is 0 Å². The summed E-state index contributed by atoms with van der Waals surface area (Å²) in [5.74, 6) is -1.12. The largest absolute Gasteiger partial charge is 0.479 e. The topological polar surface area (TPSA) is 57.5 Å². The molecule has 0 heterocycles. The van der Waals surface area contributed by atoms with E-state index in [1.54, 1.807) is 0 Å². The summed E-state index contributed by atoms with van der Waals surface area (Å²) in [6.07, 6.45) is 27.2. The first-order valence-electron chi connectivity index (χ1n) is 11.7. The maximum atomic E-state index is 10.5. The zero-order valence-corrected chi connectivity index (χ0v) is 18.0. The van der Waals surface area contributed by atoms with Gasteiger partial charge in [0.2, 0.25) is 0 Å². The maximum Gasteiger partial charge on any atom is 0.332 e. The molecule has 0 aromatic carbocycles. The van der Waals surface area contributed by atoms with Crippen molar-refractivity contribution in [2.45, 2.75) is 135 Å². The molecular formula is C24H46O3. The van der Waals surface area contributed by atoms with E-state index in [0.29, 0.717) is 12.8 Å². The van der Waals surface area contributed by atoms with Gasteiger partial charge in [-0.3, -0.25) is 0 Å². The minimum Gasteiger partial charge on any atom is -0.479 e. The molecule has 0 bridgehead atoms. The van der Waals surface area contributed by atoms with Crippen molar-refractivity contribution in [3.8, 4) is 0 Å². The van der Waals surface area contributed by atoms with Crippen molar-refractivity contribution in [1.82, 2.24) is 0 Å². The molecule has 0 saturated heterocycles. The Labute approximate surface area is 168 Å². The molecule has 0 aliphatic heterocycles. The molecule has 1 atom stereocenters. The minimum absolute atomic E-state index is 0.310. The molecule has 0 fully saturated rings. The van der Waals surface area contributed by atoms with Crippen molar-refractivity contribution in [2.75, 3.05) is 0 Å². The molecule has 0 aromatic rings. The fourth-order valence-electron chi connectivity index (χ4n) is 3.42. The highest BCUT2D eigenvalue weighted by molar-refractivity contribution is 5.71. The van der Waals surface area contributed by atoms with E-state index in [9.17, 15) is 4.79 Å². The lowest BCUT2D eigenvalue weighted by molar-refractivity contribution is -0.146. The predicted octanol–water partition coefficient (Wildman–Crippen LogP) is 7.42. The van der Waals surface area contributed by atoms with Gasteiger partial charge in [-0.2, -0.15) is 0 Å². The fourth-order valence-corrected chi connectivity index (χ4v) is 3.42. The summed E-state index contributed by atoms with van der Waals surface area (Å²) < 4.78 is 0. The van der Waals surface area contributed by atoms with Crippen LogP contribution in [-0.2, 0) is 4.79 Å². The van der Waals surface area contributed by atoms with Gasteiger partial charge in [-0.1, -0.05) is 115 Å². The summed E-state index contributed by atoms with van der Waals surface area (Å²) in [4.78, 5) is 10.5. The van der Waals surface area contributed by atoms with Crippen LogP contribution < -0.4 is 0 Å². The van der Waals surface area contributed by atoms with Gasteiger partial charge in [0.05, 0.1) is 0 Å². The first kappa shape index (κ1) is 26.2. The van der Waals surface area contributed by atoms with E-state index in [1.165, 1.54) is 103 Å². The summed E-state index contributed by atoms with van der Waals surface area (Å²) in [6, 6.07) is 0. The molecule has 0 aromatic heterocycles. The van der Waals surface area contributed by atoms with Crippen LogP contribution in [0.25, 0.3) is 0 Å². The quantitative estimate of drug-likeness (QED) is 0.160. The van der Waals surface area contributed by atoms with Crippen LogP contribution in [0.1, 0.15) is 129 Å². The molecule has 3 nitrogen and oxygen atoms in total. The van der Waals surface area contributed by atoms with E-state index in [4.69, 9.17) is 10.2 Å². The van der Waals surface area contributed by atoms with Crippen LogP contribution in [0, 0.1) is 0 Å². The van der Waals surface area contributed by atoms with Gasteiger partial charge < -0.3 is 10.2 Å². The lowest BCUT2D eigenvalue weighted by Gasteiger charge is -2.03. The minimum atomic E-state index is -1.22. The van der Waals surface area contributed by atoms with Crippen molar-refractivity contribution in [1.29, 1.82) is 0 Å². The Kier molecular flexibility index (Phi) is 20.8. The van der Waals surface area contributed by atoms with E-state index >= 15 is 0 Å². The standard InChI is InChI=1S/C24H46O3/c1-2-3-4-5-6-7-8-9-10-11-12-13-14-15-16-17-18-19-20-21-22-23(25)24(26)27/h19-20,23,25H,2-18,21-22H2,1H3,(H,26,27). The molecule has 1 unspecified atom stereocenters. The Morgan fingerprint density at radius 3 is 1.44 bits per heavy atom. The summed E-state index contributed by atoms with van der Waals surface area (Å²) in [7, 11) is 0. The number of carboxylic acid groups (broad SMARTS) is 1. The molecule has 27 heavy (non-hydrogen) atoms. The molecule has 0 spiro atoms. The molecule has 2 N–H and O–H groups in total. The second kappa shape index (κ2) is 21.5. The lowest BCUT2D eigenvalue weighted by atomic mass is 10.0. The molecule has 0 saturated carbocycles. The number of carboxylic acids is 1. The number of aliphatic carboxylic acids is 1. The van der Waals surface area contributed by atoms with E-state index in [-0.39, 0.29) is 0 Å². The van der Waals surface area contributed by atoms with Crippen LogP contribution in [0.15, 0.2) is 12.2 Å². The summed E-state index contributed by atoms with van der Waals surface area (Å²) >= 11 is 0. The van der Waals surface area contributed by atoms with Gasteiger partial charge in [-0.15, -0.1) is 0 Å². The highest BCUT2D eigenvalue weighted by Crippen LogP contribution is 2.14. The Morgan fingerprint density at radius 2 is 1.04 bits per heavy atom. The zero-order valence-electron chi connectivity index (χ0n) is 18.0. The molecule has 160 valence electrons. The third-order valence-electron chi connectivity index (χ3n) is 5.28. The van der Waals surface area contributed by atoms with Crippen LogP contribution in [0.3, 0.4) is 0 Å². The second-order valence-corrected chi connectivity index (χ2v) is 7.99. The highest BCUT2D eigenvalue weighted by Gasteiger charge is 2.10. The van der Waals surface area contributed by atoms with Gasteiger partial charge in [0.15, 0.2) is 6.10 Å². The normalized spacial score (nSPS) is 12.7. The van der Waals surface area contributed by atoms with E-state index in [1.807, 2.05) is 6.08 Å². The van der Waals surface area contributed by atoms with Crippen molar-refractivity contribution in [2.24, 2.45) is 0 Å². The number of hydrogen-bond acceptors (Lipinski definition) is 2. The Balaban J connectivity index is 3.11. The summed E-state index contributed by atoms with van der Waals surface area (Å²) in [5, 5.41) is 17.7. The van der Waals surface area contributed by atoms with Gasteiger partial charge >= 0.3 is 5.97 Å². The van der Waals surface area contributed by atoms with Gasteiger partial charge in [-0.05, 0) is 25.7 Å². The number of carbonyl (C=O) groups is 1.